The van der Waals surface area contributed by atoms with Gasteiger partial charge < -0.3 is 25.6 Å². The van der Waals surface area contributed by atoms with E-state index >= 15 is 0 Å². The number of allylic oxidation sites excluding steroid dienone is 1. The van der Waals surface area contributed by atoms with Crippen molar-refractivity contribution in [2.75, 3.05) is 18.9 Å². The largest absolute Gasteiger partial charge is 0.453 e. The van der Waals surface area contributed by atoms with E-state index in [0.29, 0.717) is 18.7 Å². The highest BCUT2D eigenvalue weighted by atomic mass is 32.1. The molecule has 1 aromatic carbocycles. The number of likely N-dealkylation sites (N-methyl/N-ethyl adjacent to an activating group) is 1. The van der Waals surface area contributed by atoms with Gasteiger partial charge in [0.2, 0.25) is 11.8 Å². The SMILES string of the molecule is CN[C@H](C)C(=O)N1CCC[C@H]1C(=O)NC(C=C(C)C)C(=O)Nc1ccc(COC(=O)S)cc1. The standard InChI is InChI=1S/C23H32N4O5S/c1-14(2)12-18(20(28)25-17-9-7-16(8-10-17)13-32-23(31)33)26-21(29)19-6-5-11-27(19)22(30)15(3)24-4/h7-10,12,15,18-19,24H,5-6,11,13H2,1-4H3,(H,25,28)(H,26,29)(H,31,33)/t15-,18?,19+/m1/s1. The van der Waals surface area contributed by atoms with Gasteiger partial charge in [0.25, 0.3) is 5.91 Å². The molecule has 1 saturated heterocycles. The number of hydrogen-bond donors (Lipinski definition) is 4. The van der Waals surface area contributed by atoms with Gasteiger partial charge in [0.1, 0.15) is 18.7 Å². The minimum Gasteiger partial charge on any atom is -0.453 e. The highest BCUT2D eigenvalue weighted by Gasteiger charge is 2.36. The lowest BCUT2D eigenvalue weighted by Crippen LogP contribution is -2.54. The third kappa shape index (κ3) is 7.90. The number of anilines is 1. The van der Waals surface area contributed by atoms with Crippen molar-refractivity contribution in [2.24, 2.45) is 0 Å². The number of carbonyl (C=O) groups is 4. The number of thiol groups is 1. The van der Waals surface area contributed by atoms with Crippen molar-refractivity contribution in [1.29, 1.82) is 0 Å². The van der Waals surface area contributed by atoms with Crippen molar-refractivity contribution in [3.8, 4) is 0 Å². The van der Waals surface area contributed by atoms with Crippen LogP contribution in [0.2, 0.25) is 0 Å². The van der Waals surface area contributed by atoms with E-state index in [1.165, 1.54) is 0 Å². The van der Waals surface area contributed by atoms with Gasteiger partial charge in [0.05, 0.1) is 6.04 Å². The average Bonchev–Trinajstić information content (AvgIpc) is 3.26. The van der Waals surface area contributed by atoms with Gasteiger partial charge >= 0.3 is 5.30 Å². The Hall–Kier alpha value is -2.85. The van der Waals surface area contributed by atoms with Crippen LogP contribution in [-0.2, 0) is 25.7 Å². The zero-order valence-electron chi connectivity index (χ0n) is 19.4. The molecule has 3 amide bonds. The van der Waals surface area contributed by atoms with Crippen LogP contribution < -0.4 is 16.0 Å². The van der Waals surface area contributed by atoms with Crippen LogP contribution in [0.15, 0.2) is 35.9 Å². The molecule has 1 unspecified atom stereocenters. The van der Waals surface area contributed by atoms with Crippen LogP contribution in [0.4, 0.5) is 10.5 Å². The number of nitrogens with one attached hydrogen (secondary N) is 3. The molecule has 180 valence electrons. The Labute approximate surface area is 199 Å². The summed E-state index contributed by atoms with van der Waals surface area (Å²) in [5, 5.41) is 7.81. The monoisotopic (exact) mass is 476 g/mol. The highest BCUT2D eigenvalue weighted by Crippen LogP contribution is 2.19. The van der Waals surface area contributed by atoms with Crippen molar-refractivity contribution in [3.63, 3.8) is 0 Å². The van der Waals surface area contributed by atoms with Crippen molar-refractivity contribution in [3.05, 3.63) is 41.5 Å². The molecule has 0 aliphatic carbocycles. The smallest absolute Gasteiger partial charge is 0.364 e. The summed E-state index contributed by atoms with van der Waals surface area (Å²) in [5.74, 6) is -0.897. The summed E-state index contributed by atoms with van der Waals surface area (Å²) in [6.07, 6.45) is 2.95. The minimum absolute atomic E-state index is 0.0792. The zero-order chi connectivity index (χ0) is 24.5. The number of benzene rings is 1. The third-order valence-corrected chi connectivity index (χ3v) is 5.44. The predicted molar refractivity (Wildman–Crippen MR) is 129 cm³/mol. The molecule has 33 heavy (non-hydrogen) atoms. The molecule has 10 heteroatoms. The summed E-state index contributed by atoms with van der Waals surface area (Å²) in [6, 6.07) is 4.89. The molecule has 1 fully saturated rings. The van der Waals surface area contributed by atoms with Crippen LogP contribution in [0.25, 0.3) is 0 Å². The lowest BCUT2D eigenvalue weighted by molar-refractivity contribution is -0.140. The lowest BCUT2D eigenvalue weighted by atomic mass is 10.1. The number of nitrogens with zero attached hydrogens (tertiary/aromatic N) is 1. The van der Waals surface area contributed by atoms with Crippen molar-refractivity contribution in [2.45, 2.75) is 58.3 Å². The maximum atomic E-state index is 13.0. The van der Waals surface area contributed by atoms with E-state index in [4.69, 9.17) is 4.74 Å². The molecular weight excluding hydrogens is 444 g/mol. The Morgan fingerprint density at radius 1 is 1.21 bits per heavy atom. The summed E-state index contributed by atoms with van der Waals surface area (Å²) in [4.78, 5) is 50.9. The Kier molecular flexibility index (Phi) is 9.93. The van der Waals surface area contributed by atoms with Crippen LogP contribution in [0.1, 0.15) is 39.2 Å². The molecule has 9 nitrogen and oxygen atoms in total. The van der Waals surface area contributed by atoms with Gasteiger partial charge in [-0.1, -0.05) is 36.4 Å². The van der Waals surface area contributed by atoms with Gasteiger partial charge in [0.15, 0.2) is 0 Å². The van der Waals surface area contributed by atoms with Crippen molar-refractivity contribution in [1.82, 2.24) is 15.5 Å². The van der Waals surface area contributed by atoms with Gasteiger partial charge in [-0.2, -0.15) is 0 Å². The molecule has 1 aromatic rings. The second-order valence-corrected chi connectivity index (χ2v) is 8.54. The normalized spacial score (nSPS) is 17.0. The Balaban J connectivity index is 2.07. The van der Waals surface area contributed by atoms with Crippen molar-refractivity contribution < 1.29 is 23.9 Å². The number of rotatable bonds is 9. The molecule has 0 bridgehead atoms. The van der Waals surface area contributed by atoms with Gasteiger partial charge in [-0.05, 0) is 58.4 Å². The molecule has 3 atom stereocenters. The molecule has 0 spiro atoms. The summed E-state index contributed by atoms with van der Waals surface area (Å²) in [7, 11) is 1.70. The number of amides is 3. The highest BCUT2D eigenvalue weighted by molar-refractivity contribution is 7.96. The van der Waals surface area contributed by atoms with E-state index in [-0.39, 0.29) is 18.4 Å². The van der Waals surface area contributed by atoms with Crippen LogP contribution in [0.3, 0.4) is 0 Å². The number of ether oxygens (including phenoxy) is 1. The fraction of sp³-hybridized carbons (Fsp3) is 0.478. The Morgan fingerprint density at radius 2 is 1.88 bits per heavy atom. The molecule has 1 aliphatic rings. The number of carbonyl (C=O) groups excluding carboxylic acids is 4. The second kappa shape index (κ2) is 12.4. The van der Waals surface area contributed by atoms with E-state index in [0.717, 1.165) is 17.6 Å². The first-order chi connectivity index (χ1) is 15.6. The van der Waals surface area contributed by atoms with Crippen LogP contribution in [0.5, 0.6) is 0 Å². The molecule has 2 rings (SSSR count). The van der Waals surface area contributed by atoms with Gasteiger partial charge in [-0.3, -0.25) is 14.4 Å². The van der Waals surface area contributed by atoms with Crippen molar-refractivity contribution >= 4 is 41.3 Å². The van der Waals surface area contributed by atoms with Crippen LogP contribution >= 0.6 is 12.6 Å². The predicted octanol–water partition coefficient (Wildman–Crippen LogP) is 2.24. The summed E-state index contributed by atoms with van der Waals surface area (Å²) < 4.78 is 4.82. The van der Waals surface area contributed by atoms with Gasteiger partial charge in [-0.15, -0.1) is 0 Å². The van der Waals surface area contributed by atoms with E-state index in [9.17, 15) is 19.2 Å². The average molecular weight is 477 g/mol. The molecule has 1 aliphatic heterocycles. The fourth-order valence-electron chi connectivity index (χ4n) is 3.49. The van der Waals surface area contributed by atoms with E-state index < -0.39 is 29.3 Å². The minimum atomic E-state index is -0.897. The molecular formula is C23H32N4O5S. The fourth-order valence-corrected chi connectivity index (χ4v) is 3.55. The molecule has 0 saturated carbocycles. The summed E-state index contributed by atoms with van der Waals surface area (Å²) in [6.45, 7) is 6.02. The molecule has 3 N–H and O–H groups in total. The zero-order valence-corrected chi connectivity index (χ0v) is 20.3. The second-order valence-electron chi connectivity index (χ2n) is 8.17. The topological polar surface area (TPSA) is 117 Å². The molecule has 1 heterocycles. The summed E-state index contributed by atoms with van der Waals surface area (Å²) >= 11 is 3.55. The quantitative estimate of drug-likeness (QED) is 0.247. The Morgan fingerprint density at radius 3 is 2.45 bits per heavy atom. The first-order valence-corrected chi connectivity index (χ1v) is 11.3. The van der Waals surface area contributed by atoms with E-state index in [2.05, 4.69) is 28.6 Å². The lowest BCUT2D eigenvalue weighted by Gasteiger charge is -2.27. The molecule has 0 aromatic heterocycles. The number of hydrogen-bond acceptors (Lipinski definition) is 6. The van der Waals surface area contributed by atoms with Crippen LogP contribution in [-0.4, -0.2) is 59.6 Å². The molecule has 0 radical (unpaired) electrons. The number of likely N-dealkylation sites (tertiary alicyclic amines) is 1. The first-order valence-electron chi connectivity index (χ1n) is 10.8. The third-order valence-electron chi connectivity index (χ3n) is 5.31. The van der Waals surface area contributed by atoms with Gasteiger partial charge in [-0.25, -0.2) is 4.79 Å². The Bertz CT molecular complexity index is 899. The van der Waals surface area contributed by atoms with Crippen LogP contribution in [0, 0.1) is 0 Å². The first kappa shape index (κ1) is 26.4. The maximum absolute atomic E-state index is 13.0. The van der Waals surface area contributed by atoms with E-state index in [1.54, 1.807) is 49.2 Å². The van der Waals surface area contributed by atoms with Gasteiger partial charge in [0, 0.05) is 12.2 Å². The maximum Gasteiger partial charge on any atom is 0.364 e. The summed E-state index contributed by atoms with van der Waals surface area (Å²) in [5.41, 5.74) is 2.14. The van der Waals surface area contributed by atoms with E-state index in [1.807, 2.05) is 13.8 Å².